The van der Waals surface area contributed by atoms with Crippen LogP contribution in [0, 0.1) is 5.92 Å². The van der Waals surface area contributed by atoms with Gasteiger partial charge in [-0.1, -0.05) is 57.7 Å². The number of amides is 1. The van der Waals surface area contributed by atoms with Gasteiger partial charge >= 0.3 is 0 Å². The first-order chi connectivity index (χ1) is 15.5. The van der Waals surface area contributed by atoms with E-state index < -0.39 is 0 Å². The Bertz CT molecular complexity index is 1000. The molecule has 32 heavy (non-hydrogen) atoms. The van der Waals surface area contributed by atoms with E-state index in [-0.39, 0.29) is 11.3 Å². The molecule has 168 valence electrons. The van der Waals surface area contributed by atoms with Crippen molar-refractivity contribution in [3.8, 4) is 5.75 Å². The van der Waals surface area contributed by atoms with E-state index in [1.165, 1.54) is 49.1 Å². The normalized spacial score (nSPS) is 19.0. The molecule has 2 aromatic carbocycles. The van der Waals surface area contributed by atoms with E-state index in [2.05, 4.69) is 53.5 Å². The molecule has 2 aromatic rings. The summed E-state index contributed by atoms with van der Waals surface area (Å²) in [6.45, 7) is 5.54. The molecule has 1 saturated carbocycles. The first-order valence-electron chi connectivity index (χ1n) is 11.6. The topological polar surface area (TPSA) is 53.9 Å². The Balaban J connectivity index is 1.49. The van der Waals surface area contributed by atoms with E-state index in [1.54, 1.807) is 37.6 Å². The SMILES string of the molecule is COc1ccc(C(=O)N/N=C/C=C2\N(CCC3CCCC3)c3ccccc3C2(C)C)cc1. The molecule has 5 heteroatoms. The number of hydrogen-bond acceptors (Lipinski definition) is 4. The fraction of sp³-hybridized carbons (Fsp3) is 0.407. The van der Waals surface area contributed by atoms with Crippen molar-refractivity contribution >= 4 is 17.8 Å². The maximum Gasteiger partial charge on any atom is 0.271 e. The number of fused-ring (bicyclic) bond motifs is 1. The summed E-state index contributed by atoms with van der Waals surface area (Å²) in [6.07, 6.45) is 10.4. The maximum atomic E-state index is 12.4. The molecule has 0 atom stereocenters. The van der Waals surface area contributed by atoms with E-state index in [0.29, 0.717) is 5.56 Å². The van der Waals surface area contributed by atoms with Gasteiger partial charge in [0.25, 0.3) is 5.91 Å². The summed E-state index contributed by atoms with van der Waals surface area (Å²) in [4.78, 5) is 14.8. The number of nitrogens with zero attached hydrogens (tertiary/aromatic N) is 2. The highest BCUT2D eigenvalue weighted by Gasteiger charge is 2.39. The Kier molecular flexibility index (Phi) is 6.63. The molecular formula is C27H33N3O2. The number of rotatable bonds is 7. The third-order valence-corrected chi connectivity index (χ3v) is 6.86. The molecule has 0 spiro atoms. The number of anilines is 1. The first-order valence-corrected chi connectivity index (χ1v) is 11.6. The lowest BCUT2D eigenvalue weighted by Crippen LogP contribution is -2.28. The number of hydrogen-bond donors (Lipinski definition) is 1. The van der Waals surface area contributed by atoms with Gasteiger partial charge in [0.05, 0.1) is 7.11 Å². The zero-order valence-electron chi connectivity index (χ0n) is 19.3. The third-order valence-electron chi connectivity index (χ3n) is 6.86. The van der Waals surface area contributed by atoms with Crippen molar-refractivity contribution in [3.63, 3.8) is 0 Å². The number of carbonyl (C=O) groups is 1. The lowest BCUT2D eigenvalue weighted by molar-refractivity contribution is 0.0955. The Morgan fingerprint density at radius 3 is 2.59 bits per heavy atom. The lowest BCUT2D eigenvalue weighted by Gasteiger charge is -2.27. The minimum atomic E-state index is -0.241. The quantitative estimate of drug-likeness (QED) is 0.454. The second kappa shape index (κ2) is 9.60. The number of allylic oxidation sites excluding steroid dienone is 2. The van der Waals surface area contributed by atoms with E-state index >= 15 is 0 Å². The van der Waals surface area contributed by atoms with Gasteiger partial charge in [0.15, 0.2) is 0 Å². The summed E-state index contributed by atoms with van der Waals surface area (Å²) < 4.78 is 5.14. The van der Waals surface area contributed by atoms with E-state index in [9.17, 15) is 4.79 Å². The van der Waals surface area contributed by atoms with Crippen LogP contribution in [0.1, 0.15) is 61.9 Å². The Labute approximate surface area is 191 Å². The predicted octanol–water partition coefficient (Wildman–Crippen LogP) is 5.67. The lowest BCUT2D eigenvalue weighted by atomic mass is 9.84. The first kappa shape index (κ1) is 22.1. The summed E-state index contributed by atoms with van der Waals surface area (Å²) in [5.41, 5.74) is 6.91. The van der Waals surface area contributed by atoms with Gasteiger partial charge in [0.1, 0.15) is 5.75 Å². The van der Waals surface area contributed by atoms with Crippen LogP contribution in [0.25, 0.3) is 0 Å². The van der Waals surface area contributed by atoms with Gasteiger partial charge in [-0.15, -0.1) is 0 Å². The third kappa shape index (κ3) is 4.57. The summed E-state index contributed by atoms with van der Waals surface area (Å²) in [6, 6.07) is 15.7. The van der Waals surface area contributed by atoms with Crippen molar-refractivity contribution in [2.45, 2.75) is 51.4 Å². The number of methoxy groups -OCH3 is 1. The van der Waals surface area contributed by atoms with Gasteiger partial charge < -0.3 is 9.64 Å². The second-order valence-corrected chi connectivity index (χ2v) is 9.23. The minimum absolute atomic E-state index is 0.113. The summed E-state index contributed by atoms with van der Waals surface area (Å²) >= 11 is 0. The highest BCUT2D eigenvalue weighted by molar-refractivity contribution is 5.94. The van der Waals surface area contributed by atoms with Crippen LogP contribution in [0.2, 0.25) is 0 Å². The molecule has 5 nitrogen and oxygen atoms in total. The van der Waals surface area contributed by atoms with E-state index in [1.807, 2.05) is 6.08 Å². The fourth-order valence-electron chi connectivity index (χ4n) is 5.00. The molecule has 1 aliphatic carbocycles. The van der Waals surface area contributed by atoms with Gasteiger partial charge in [-0.25, -0.2) is 5.43 Å². The number of hydrazone groups is 1. The largest absolute Gasteiger partial charge is 0.497 e. The van der Waals surface area contributed by atoms with Gasteiger partial charge in [0, 0.05) is 35.1 Å². The molecule has 1 N–H and O–H groups in total. The Morgan fingerprint density at radius 2 is 1.88 bits per heavy atom. The van der Waals surface area contributed by atoms with Gasteiger partial charge in [-0.05, 0) is 54.3 Å². The highest BCUT2D eigenvalue weighted by Crippen LogP contribution is 2.47. The Hall–Kier alpha value is -3.08. The molecular weight excluding hydrogens is 398 g/mol. The number of benzene rings is 2. The molecule has 1 heterocycles. The standard InChI is InChI=1S/C27H33N3O2/c1-27(2)23-10-6-7-11-24(23)30(19-17-20-8-4-5-9-20)25(27)16-18-28-29-26(31)21-12-14-22(32-3)15-13-21/h6-7,10-16,18,20H,4-5,8-9,17,19H2,1-3H3,(H,29,31)/b25-16-,28-18+. The van der Waals surface area contributed by atoms with Crippen LogP contribution in [0.15, 0.2) is 65.4 Å². The van der Waals surface area contributed by atoms with Crippen molar-refractivity contribution in [2.75, 3.05) is 18.6 Å². The number of nitrogens with one attached hydrogen (secondary N) is 1. The van der Waals surface area contributed by atoms with Crippen molar-refractivity contribution in [2.24, 2.45) is 11.0 Å². The van der Waals surface area contributed by atoms with Gasteiger partial charge in [-0.2, -0.15) is 5.10 Å². The van der Waals surface area contributed by atoms with Crippen LogP contribution < -0.4 is 15.1 Å². The number of carbonyl (C=O) groups excluding carboxylic acids is 1. The number of para-hydroxylation sites is 1. The molecule has 0 saturated heterocycles. The van der Waals surface area contributed by atoms with E-state index in [0.717, 1.165) is 18.2 Å². The Morgan fingerprint density at radius 1 is 1.16 bits per heavy atom. The molecule has 1 fully saturated rings. The zero-order valence-corrected chi connectivity index (χ0v) is 19.3. The van der Waals surface area contributed by atoms with Crippen molar-refractivity contribution < 1.29 is 9.53 Å². The van der Waals surface area contributed by atoms with Gasteiger partial charge in [-0.3, -0.25) is 4.79 Å². The molecule has 0 bridgehead atoms. The van der Waals surface area contributed by atoms with Crippen LogP contribution in [0.3, 0.4) is 0 Å². The van der Waals surface area contributed by atoms with Crippen LogP contribution in [-0.4, -0.2) is 25.8 Å². The smallest absolute Gasteiger partial charge is 0.271 e. The molecule has 1 aliphatic heterocycles. The average Bonchev–Trinajstić information content (AvgIpc) is 3.40. The summed E-state index contributed by atoms with van der Waals surface area (Å²) in [5.74, 6) is 1.31. The van der Waals surface area contributed by atoms with Crippen molar-refractivity contribution in [3.05, 3.63) is 71.4 Å². The fourth-order valence-corrected chi connectivity index (χ4v) is 5.00. The molecule has 0 unspecified atom stereocenters. The molecule has 1 amide bonds. The van der Waals surface area contributed by atoms with E-state index in [4.69, 9.17) is 4.74 Å². The second-order valence-electron chi connectivity index (χ2n) is 9.23. The average molecular weight is 432 g/mol. The van der Waals surface area contributed by atoms with Gasteiger partial charge in [0.2, 0.25) is 0 Å². The summed E-state index contributed by atoms with van der Waals surface area (Å²) in [5, 5.41) is 4.20. The van der Waals surface area contributed by atoms with Crippen LogP contribution >= 0.6 is 0 Å². The van der Waals surface area contributed by atoms with Crippen LogP contribution in [0.5, 0.6) is 5.75 Å². The van der Waals surface area contributed by atoms with Crippen LogP contribution in [-0.2, 0) is 5.41 Å². The predicted molar refractivity (Wildman–Crippen MR) is 130 cm³/mol. The molecule has 2 aliphatic rings. The summed E-state index contributed by atoms with van der Waals surface area (Å²) in [7, 11) is 1.60. The van der Waals surface area contributed by atoms with Crippen molar-refractivity contribution in [1.29, 1.82) is 0 Å². The van der Waals surface area contributed by atoms with Crippen LogP contribution in [0.4, 0.5) is 5.69 Å². The highest BCUT2D eigenvalue weighted by atomic mass is 16.5. The molecule has 0 radical (unpaired) electrons. The molecule has 4 rings (SSSR count). The number of ether oxygens (including phenoxy) is 1. The maximum absolute atomic E-state index is 12.4. The monoisotopic (exact) mass is 431 g/mol. The zero-order chi connectivity index (χ0) is 22.6. The molecule has 0 aromatic heterocycles. The van der Waals surface area contributed by atoms with Crippen molar-refractivity contribution in [1.82, 2.24) is 5.43 Å². The minimum Gasteiger partial charge on any atom is -0.497 e.